The number of benzene rings is 1. The van der Waals surface area contributed by atoms with Crippen molar-refractivity contribution >= 4 is 28.8 Å². The van der Waals surface area contributed by atoms with E-state index in [1.54, 1.807) is 21.1 Å². The maximum absolute atomic E-state index is 13.3. The van der Waals surface area contributed by atoms with Crippen LogP contribution >= 0.6 is 11.3 Å². The fourth-order valence-corrected chi connectivity index (χ4v) is 4.41. The second-order valence-electron chi connectivity index (χ2n) is 7.37. The van der Waals surface area contributed by atoms with Crippen LogP contribution in [0.5, 0.6) is 11.5 Å². The van der Waals surface area contributed by atoms with Gasteiger partial charge in [0.05, 0.1) is 6.54 Å². The van der Waals surface area contributed by atoms with Crippen molar-refractivity contribution in [3.8, 4) is 11.5 Å². The van der Waals surface area contributed by atoms with E-state index in [0.29, 0.717) is 44.2 Å². The predicted molar refractivity (Wildman–Crippen MR) is 113 cm³/mol. The van der Waals surface area contributed by atoms with Crippen LogP contribution in [0.2, 0.25) is 0 Å². The second-order valence-corrected chi connectivity index (χ2v) is 8.40. The van der Waals surface area contributed by atoms with Crippen LogP contribution in [0.15, 0.2) is 35.7 Å². The highest BCUT2D eigenvalue weighted by Gasteiger charge is 2.24. The van der Waals surface area contributed by atoms with E-state index in [-0.39, 0.29) is 18.4 Å². The molecule has 1 saturated heterocycles. The van der Waals surface area contributed by atoms with Crippen molar-refractivity contribution in [1.29, 1.82) is 0 Å². The standard InChI is InChI=1S/C22H26N2O4S/c25-21-7-3-1-2-4-10-23(21)16-22(26)24(15-18-6-5-13-29-18)17-8-9-19-20(14-17)28-12-11-27-19/h5-6,8-9,13-14H,1-4,7,10-12,15-16H2. The van der Waals surface area contributed by atoms with Crippen molar-refractivity contribution in [2.24, 2.45) is 0 Å². The van der Waals surface area contributed by atoms with Crippen molar-refractivity contribution in [3.05, 3.63) is 40.6 Å². The topological polar surface area (TPSA) is 59.1 Å². The predicted octanol–water partition coefficient (Wildman–Crippen LogP) is 3.85. The Labute approximate surface area is 175 Å². The third kappa shape index (κ3) is 4.90. The molecule has 0 bridgehead atoms. The summed E-state index contributed by atoms with van der Waals surface area (Å²) in [6.45, 7) is 2.26. The molecule has 29 heavy (non-hydrogen) atoms. The van der Waals surface area contributed by atoms with Crippen molar-refractivity contribution < 1.29 is 19.1 Å². The van der Waals surface area contributed by atoms with E-state index < -0.39 is 0 Å². The minimum atomic E-state index is -0.0796. The van der Waals surface area contributed by atoms with Gasteiger partial charge in [-0.15, -0.1) is 11.3 Å². The highest BCUT2D eigenvalue weighted by atomic mass is 32.1. The summed E-state index contributed by atoms with van der Waals surface area (Å²) >= 11 is 1.61. The van der Waals surface area contributed by atoms with Crippen molar-refractivity contribution in [1.82, 2.24) is 4.90 Å². The van der Waals surface area contributed by atoms with Gasteiger partial charge in [-0.1, -0.05) is 18.9 Å². The Hall–Kier alpha value is -2.54. The van der Waals surface area contributed by atoms with Gasteiger partial charge in [0, 0.05) is 29.6 Å². The lowest BCUT2D eigenvalue weighted by Gasteiger charge is -2.29. The van der Waals surface area contributed by atoms with Gasteiger partial charge in [0.2, 0.25) is 11.8 Å². The van der Waals surface area contributed by atoms with Gasteiger partial charge >= 0.3 is 0 Å². The third-order valence-electron chi connectivity index (χ3n) is 5.28. The number of rotatable bonds is 5. The van der Waals surface area contributed by atoms with E-state index in [1.165, 1.54) is 0 Å². The van der Waals surface area contributed by atoms with Gasteiger partial charge in [0.1, 0.15) is 19.8 Å². The average molecular weight is 415 g/mol. The molecule has 2 amide bonds. The molecule has 0 radical (unpaired) electrons. The number of ether oxygens (including phenoxy) is 2. The summed E-state index contributed by atoms with van der Waals surface area (Å²) in [6.07, 6.45) is 4.59. The number of hydrogen-bond donors (Lipinski definition) is 0. The average Bonchev–Trinajstić information content (AvgIpc) is 3.24. The lowest BCUT2D eigenvalue weighted by atomic mass is 10.1. The lowest BCUT2D eigenvalue weighted by molar-refractivity contribution is -0.135. The van der Waals surface area contributed by atoms with Crippen LogP contribution in [0, 0.1) is 0 Å². The van der Waals surface area contributed by atoms with E-state index >= 15 is 0 Å². The van der Waals surface area contributed by atoms with Gasteiger partial charge in [-0.05, 0) is 36.4 Å². The molecular formula is C22H26N2O4S. The molecule has 0 atom stereocenters. The Bertz CT molecular complexity index is 853. The molecule has 1 aromatic heterocycles. The number of nitrogens with zero attached hydrogens (tertiary/aromatic N) is 2. The first-order chi connectivity index (χ1) is 14.2. The highest BCUT2D eigenvalue weighted by Crippen LogP contribution is 2.34. The molecule has 1 aromatic carbocycles. The Morgan fingerprint density at radius 3 is 2.72 bits per heavy atom. The monoisotopic (exact) mass is 414 g/mol. The maximum atomic E-state index is 13.3. The van der Waals surface area contributed by atoms with Gasteiger partial charge < -0.3 is 19.3 Å². The molecule has 0 spiro atoms. The highest BCUT2D eigenvalue weighted by molar-refractivity contribution is 7.09. The number of amides is 2. The molecule has 7 heteroatoms. The molecule has 6 nitrogen and oxygen atoms in total. The van der Waals surface area contributed by atoms with Crippen LogP contribution in [0.1, 0.15) is 37.0 Å². The van der Waals surface area contributed by atoms with Gasteiger partial charge in [-0.2, -0.15) is 0 Å². The summed E-state index contributed by atoms with van der Waals surface area (Å²) in [5.41, 5.74) is 0.757. The number of anilines is 1. The number of thiophene rings is 1. The zero-order valence-corrected chi connectivity index (χ0v) is 17.3. The summed E-state index contributed by atoms with van der Waals surface area (Å²) < 4.78 is 11.3. The summed E-state index contributed by atoms with van der Waals surface area (Å²) in [5.74, 6) is 1.35. The van der Waals surface area contributed by atoms with Gasteiger partial charge in [-0.3, -0.25) is 9.59 Å². The zero-order chi connectivity index (χ0) is 20.1. The summed E-state index contributed by atoms with van der Waals surface area (Å²) in [7, 11) is 0. The van der Waals surface area contributed by atoms with Gasteiger partial charge in [-0.25, -0.2) is 0 Å². The Morgan fingerprint density at radius 1 is 1.07 bits per heavy atom. The number of fused-ring (bicyclic) bond motifs is 1. The van der Waals surface area contributed by atoms with E-state index in [0.717, 1.165) is 36.2 Å². The molecule has 0 unspecified atom stereocenters. The summed E-state index contributed by atoms with van der Waals surface area (Å²) in [5, 5.41) is 2.00. The molecule has 154 valence electrons. The summed E-state index contributed by atoms with van der Waals surface area (Å²) in [6, 6.07) is 9.59. The molecule has 1 fully saturated rings. The Kier molecular flexibility index (Phi) is 6.34. The first kappa shape index (κ1) is 19.8. The number of hydrogen-bond acceptors (Lipinski definition) is 5. The molecule has 0 aliphatic carbocycles. The van der Waals surface area contributed by atoms with Crippen molar-refractivity contribution in [2.45, 2.75) is 38.6 Å². The fraction of sp³-hybridized carbons (Fsp3) is 0.455. The first-order valence-corrected chi connectivity index (χ1v) is 11.1. The van der Waals surface area contributed by atoms with Crippen LogP contribution in [0.25, 0.3) is 0 Å². The first-order valence-electron chi connectivity index (χ1n) is 10.2. The van der Waals surface area contributed by atoms with Crippen molar-refractivity contribution in [2.75, 3.05) is 31.2 Å². The Balaban J connectivity index is 1.56. The normalized spacial score (nSPS) is 16.8. The van der Waals surface area contributed by atoms with Crippen LogP contribution in [0.3, 0.4) is 0 Å². The SMILES string of the molecule is O=C1CCCCCCN1CC(=O)N(Cc1cccs1)c1ccc2c(c1)OCCO2. The molecule has 0 N–H and O–H groups in total. The molecule has 2 aliphatic rings. The number of likely N-dealkylation sites (tertiary alicyclic amines) is 1. The van der Waals surface area contributed by atoms with Crippen LogP contribution in [-0.4, -0.2) is 43.0 Å². The molecule has 4 rings (SSSR count). The third-order valence-corrected chi connectivity index (χ3v) is 6.14. The smallest absolute Gasteiger partial charge is 0.246 e. The second kappa shape index (κ2) is 9.31. The summed E-state index contributed by atoms with van der Waals surface area (Å²) in [4.78, 5) is 30.4. The number of carbonyl (C=O) groups excluding carboxylic acids is 2. The molecule has 0 saturated carbocycles. The minimum Gasteiger partial charge on any atom is -0.486 e. The van der Waals surface area contributed by atoms with E-state index in [9.17, 15) is 9.59 Å². The van der Waals surface area contributed by atoms with Crippen LogP contribution < -0.4 is 14.4 Å². The molecule has 3 heterocycles. The molecule has 2 aliphatic heterocycles. The van der Waals surface area contributed by atoms with E-state index in [4.69, 9.17) is 9.47 Å². The minimum absolute atomic E-state index is 0.0796. The van der Waals surface area contributed by atoms with Gasteiger partial charge in [0.25, 0.3) is 0 Å². The largest absolute Gasteiger partial charge is 0.486 e. The van der Waals surface area contributed by atoms with E-state index in [2.05, 4.69) is 0 Å². The number of carbonyl (C=O) groups is 2. The Morgan fingerprint density at radius 2 is 1.90 bits per heavy atom. The lowest BCUT2D eigenvalue weighted by Crippen LogP contribution is -2.43. The van der Waals surface area contributed by atoms with Crippen LogP contribution in [-0.2, 0) is 16.1 Å². The van der Waals surface area contributed by atoms with Crippen LogP contribution in [0.4, 0.5) is 5.69 Å². The molecular weight excluding hydrogens is 388 g/mol. The molecule has 2 aromatic rings. The maximum Gasteiger partial charge on any atom is 0.246 e. The van der Waals surface area contributed by atoms with E-state index in [1.807, 2.05) is 35.7 Å². The van der Waals surface area contributed by atoms with Crippen molar-refractivity contribution in [3.63, 3.8) is 0 Å². The van der Waals surface area contributed by atoms with Gasteiger partial charge in [0.15, 0.2) is 11.5 Å². The quantitative estimate of drug-likeness (QED) is 0.746. The fourth-order valence-electron chi connectivity index (χ4n) is 3.71. The zero-order valence-electron chi connectivity index (χ0n) is 16.5.